The molecule has 0 aliphatic carbocycles. The largest absolute Gasteiger partial charge is 0.405 e. The van der Waals surface area contributed by atoms with E-state index in [1.807, 2.05) is 0 Å². The molecule has 0 atom stereocenters. The SMILES string of the molecule is O=C(Cn1cc(Br)ccc1=O)NCC(F)(F)F. The van der Waals surface area contributed by atoms with Gasteiger partial charge in [-0.1, -0.05) is 0 Å². The van der Waals surface area contributed by atoms with Crippen LogP contribution in [0.4, 0.5) is 13.2 Å². The Balaban J connectivity index is 2.62. The second-order valence-corrected chi connectivity index (χ2v) is 4.12. The molecule has 17 heavy (non-hydrogen) atoms. The zero-order valence-electron chi connectivity index (χ0n) is 8.42. The number of rotatable bonds is 3. The van der Waals surface area contributed by atoms with E-state index < -0.39 is 30.7 Å². The van der Waals surface area contributed by atoms with Crippen LogP contribution in [-0.2, 0) is 11.3 Å². The third-order valence-corrected chi connectivity index (χ3v) is 2.22. The lowest BCUT2D eigenvalue weighted by Crippen LogP contribution is -2.37. The fourth-order valence-electron chi connectivity index (χ4n) is 1.04. The molecule has 0 aliphatic heterocycles. The number of hydrogen-bond donors (Lipinski definition) is 1. The molecular formula is C9H8BrF3N2O2. The third-order valence-electron chi connectivity index (χ3n) is 1.75. The lowest BCUT2D eigenvalue weighted by molar-refractivity contribution is -0.138. The van der Waals surface area contributed by atoms with E-state index in [1.54, 1.807) is 5.32 Å². The Morgan fingerprint density at radius 2 is 2.06 bits per heavy atom. The predicted octanol–water partition coefficient (Wildman–Crippen LogP) is 1.29. The van der Waals surface area contributed by atoms with Crippen LogP contribution in [0, 0.1) is 0 Å². The first-order chi connectivity index (χ1) is 7.78. The zero-order chi connectivity index (χ0) is 13.1. The number of nitrogens with zero attached hydrogens (tertiary/aromatic N) is 1. The Morgan fingerprint density at radius 1 is 1.41 bits per heavy atom. The molecule has 0 aliphatic rings. The standard InChI is InChI=1S/C9H8BrF3N2O2/c10-6-1-2-8(17)15(3-6)4-7(16)14-5-9(11,12)13/h1-3H,4-5H2,(H,14,16). The van der Waals surface area contributed by atoms with Crippen molar-refractivity contribution in [1.29, 1.82) is 0 Å². The first-order valence-electron chi connectivity index (χ1n) is 4.47. The van der Waals surface area contributed by atoms with Crippen molar-refractivity contribution in [2.45, 2.75) is 12.7 Å². The number of carbonyl (C=O) groups is 1. The molecule has 0 radical (unpaired) electrons. The highest BCUT2D eigenvalue weighted by Crippen LogP contribution is 2.12. The number of hydrogen-bond acceptors (Lipinski definition) is 2. The number of aromatic nitrogens is 1. The van der Waals surface area contributed by atoms with Gasteiger partial charge in [-0.2, -0.15) is 13.2 Å². The van der Waals surface area contributed by atoms with Crippen LogP contribution < -0.4 is 10.9 Å². The molecule has 0 fully saturated rings. The van der Waals surface area contributed by atoms with Crippen molar-refractivity contribution in [3.05, 3.63) is 33.2 Å². The molecule has 0 spiro atoms. The predicted molar refractivity (Wildman–Crippen MR) is 57.5 cm³/mol. The molecule has 1 aromatic heterocycles. The molecule has 0 saturated carbocycles. The van der Waals surface area contributed by atoms with Gasteiger partial charge in [0.05, 0.1) is 0 Å². The summed E-state index contributed by atoms with van der Waals surface area (Å²) >= 11 is 3.09. The maximum absolute atomic E-state index is 11.8. The van der Waals surface area contributed by atoms with E-state index >= 15 is 0 Å². The van der Waals surface area contributed by atoms with Crippen LogP contribution in [-0.4, -0.2) is 23.2 Å². The molecule has 94 valence electrons. The molecule has 0 aromatic carbocycles. The van der Waals surface area contributed by atoms with Gasteiger partial charge in [-0.3, -0.25) is 9.59 Å². The van der Waals surface area contributed by atoms with Crippen molar-refractivity contribution in [1.82, 2.24) is 9.88 Å². The zero-order valence-corrected chi connectivity index (χ0v) is 10.0. The van der Waals surface area contributed by atoms with Gasteiger partial charge >= 0.3 is 6.18 Å². The topological polar surface area (TPSA) is 51.1 Å². The molecule has 0 bridgehead atoms. The summed E-state index contributed by atoms with van der Waals surface area (Å²) in [6.45, 7) is -1.86. The normalized spacial score (nSPS) is 11.3. The smallest absolute Gasteiger partial charge is 0.345 e. The van der Waals surface area contributed by atoms with Gasteiger partial charge in [0.1, 0.15) is 13.1 Å². The quantitative estimate of drug-likeness (QED) is 0.914. The maximum atomic E-state index is 11.8. The highest BCUT2D eigenvalue weighted by molar-refractivity contribution is 9.10. The maximum Gasteiger partial charge on any atom is 0.405 e. The Hall–Kier alpha value is -1.31. The van der Waals surface area contributed by atoms with E-state index in [0.717, 1.165) is 4.57 Å². The Morgan fingerprint density at radius 3 is 2.65 bits per heavy atom. The van der Waals surface area contributed by atoms with Crippen molar-refractivity contribution in [3.8, 4) is 0 Å². The van der Waals surface area contributed by atoms with Crippen LogP contribution in [0.5, 0.6) is 0 Å². The number of nitrogens with one attached hydrogen (secondary N) is 1. The molecule has 8 heteroatoms. The summed E-state index contributed by atoms with van der Waals surface area (Å²) in [6, 6.07) is 2.69. The minimum atomic E-state index is -4.46. The van der Waals surface area contributed by atoms with Crippen molar-refractivity contribution in [2.75, 3.05) is 6.54 Å². The Bertz CT molecular complexity index is 470. The third kappa shape index (κ3) is 5.03. The molecule has 0 saturated heterocycles. The van der Waals surface area contributed by atoms with Crippen molar-refractivity contribution < 1.29 is 18.0 Å². The first kappa shape index (κ1) is 13.8. The summed E-state index contributed by atoms with van der Waals surface area (Å²) in [7, 11) is 0. The Labute approximate surface area is 103 Å². The monoisotopic (exact) mass is 312 g/mol. The average Bonchev–Trinajstić information content (AvgIpc) is 2.20. The fourth-order valence-corrected chi connectivity index (χ4v) is 1.41. The summed E-state index contributed by atoms with van der Waals surface area (Å²) in [4.78, 5) is 22.4. The number of alkyl halides is 3. The molecule has 1 rings (SSSR count). The van der Waals surface area contributed by atoms with Gasteiger partial charge < -0.3 is 9.88 Å². The van der Waals surface area contributed by atoms with E-state index in [1.165, 1.54) is 18.3 Å². The summed E-state index contributed by atoms with van der Waals surface area (Å²) in [5, 5.41) is 1.68. The second-order valence-electron chi connectivity index (χ2n) is 3.21. The van der Waals surface area contributed by atoms with E-state index in [2.05, 4.69) is 15.9 Å². The van der Waals surface area contributed by atoms with Gasteiger partial charge in [-0.05, 0) is 22.0 Å². The number of carbonyl (C=O) groups excluding carboxylic acids is 1. The van der Waals surface area contributed by atoms with Crippen LogP contribution in [0.3, 0.4) is 0 Å². The number of halogens is 4. The van der Waals surface area contributed by atoms with Gasteiger partial charge in [-0.25, -0.2) is 0 Å². The van der Waals surface area contributed by atoms with E-state index in [0.29, 0.717) is 4.47 Å². The molecule has 1 heterocycles. The number of pyridine rings is 1. The number of amides is 1. The van der Waals surface area contributed by atoms with E-state index in [9.17, 15) is 22.8 Å². The van der Waals surface area contributed by atoms with Crippen LogP contribution >= 0.6 is 15.9 Å². The van der Waals surface area contributed by atoms with Crippen LogP contribution in [0.1, 0.15) is 0 Å². The fraction of sp³-hybridized carbons (Fsp3) is 0.333. The highest BCUT2D eigenvalue weighted by Gasteiger charge is 2.27. The molecule has 4 nitrogen and oxygen atoms in total. The van der Waals surface area contributed by atoms with Gasteiger partial charge in [0, 0.05) is 16.7 Å². The van der Waals surface area contributed by atoms with Gasteiger partial charge in [0.25, 0.3) is 5.56 Å². The van der Waals surface area contributed by atoms with Crippen molar-refractivity contribution >= 4 is 21.8 Å². The lowest BCUT2D eigenvalue weighted by Gasteiger charge is -2.09. The molecule has 1 amide bonds. The van der Waals surface area contributed by atoms with Gasteiger partial charge in [-0.15, -0.1) is 0 Å². The van der Waals surface area contributed by atoms with Gasteiger partial charge in [0.15, 0.2) is 0 Å². The van der Waals surface area contributed by atoms with Crippen molar-refractivity contribution in [3.63, 3.8) is 0 Å². The second kappa shape index (κ2) is 5.35. The summed E-state index contributed by atoms with van der Waals surface area (Å²) in [6.07, 6.45) is -3.13. The van der Waals surface area contributed by atoms with E-state index in [4.69, 9.17) is 0 Å². The average molecular weight is 313 g/mol. The minimum Gasteiger partial charge on any atom is -0.345 e. The summed E-state index contributed by atoms with van der Waals surface area (Å²) in [5.74, 6) is -0.873. The van der Waals surface area contributed by atoms with Crippen molar-refractivity contribution in [2.24, 2.45) is 0 Å². The summed E-state index contributed by atoms with van der Waals surface area (Å²) in [5.41, 5.74) is -0.463. The molecule has 1 aromatic rings. The molecule has 0 unspecified atom stereocenters. The van der Waals surface area contributed by atoms with E-state index in [-0.39, 0.29) is 0 Å². The van der Waals surface area contributed by atoms with Crippen LogP contribution in [0.25, 0.3) is 0 Å². The summed E-state index contributed by atoms with van der Waals surface area (Å²) < 4.78 is 37.0. The highest BCUT2D eigenvalue weighted by atomic mass is 79.9. The van der Waals surface area contributed by atoms with Gasteiger partial charge in [0.2, 0.25) is 5.91 Å². The lowest BCUT2D eigenvalue weighted by atomic mass is 10.4. The first-order valence-corrected chi connectivity index (χ1v) is 5.27. The Kier molecular flexibility index (Phi) is 4.33. The van der Waals surface area contributed by atoms with Crippen LogP contribution in [0.15, 0.2) is 27.6 Å². The minimum absolute atomic E-state index is 0.450. The molecular weight excluding hydrogens is 305 g/mol. The molecule has 1 N–H and O–H groups in total. The van der Waals surface area contributed by atoms with Crippen LogP contribution in [0.2, 0.25) is 0 Å².